The average Bonchev–Trinajstić information content (AvgIpc) is 2.98. The molecule has 1 aliphatic carbocycles. The first-order valence-corrected chi connectivity index (χ1v) is 7.58. The number of hydrogen-bond donors (Lipinski definition) is 2. The van der Waals surface area contributed by atoms with E-state index >= 15 is 0 Å². The maximum Gasteiger partial charge on any atom is 0.240 e. The number of halogens is 1. The lowest BCUT2D eigenvalue weighted by Crippen LogP contribution is -2.52. The van der Waals surface area contributed by atoms with Gasteiger partial charge >= 0.3 is 0 Å². The zero-order chi connectivity index (χ0) is 13.0. The van der Waals surface area contributed by atoms with Crippen molar-refractivity contribution < 1.29 is 4.79 Å². The van der Waals surface area contributed by atoms with Crippen molar-refractivity contribution in [3.63, 3.8) is 0 Å². The minimum atomic E-state index is -0.595. The van der Waals surface area contributed by atoms with E-state index in [1.54, 1.807) is 11.3 Å². The minimum Gasteiger partial charge on any atom is -0.354 e. The summed E-state index contributed by atoms with van der Waals surface area (Å²) in [5.74, 6) is 0.496. The summed E-state index contributed by atoms with van der Waals surface area (Å²) in [6, 6.07) is 4.21. The molecule has 1 atom stereocenters. The van der Waals surface area contributed by atoms with Gasteiger partial charge in [0.05, 0.1) is 5.54 Å². The van der Waals surface area contributed by atoms with Crippen LogP contribution in [0.1, 0.15) is 37.5 Å². The van der Waals surface area contributed by atoms with Gasteiger partial charge in [-0.2, -0.15) is 0 Å². The van der Waals surface area contributed by atoms with E-state index in [1.807, 2.05) is 0 Å². The topological polar surface area (TPSA) is 55.1 Å². The van der Waals surface area contributed by atoms with Gasteiger partial charge in [0, 0.05) is 11.4 Å². The van der Waals surface area contributed by atoms with Gasteiger partial charge in [0.2, 0.25) is 5.91 Å². The molecule has 1 unspecified atom stereocenters. The van der Waals surface area contributed by atoms with Gasteiger partial charge in [-0.25, -0.2) is 0 Å². The van der Waals surface area contributed by atoms with Crippen molar-refractivity contribution in [2.45, 2.75) is 44.6 Å². The van der Waals surface area contributed by atoms with E-state index in [4.69, 9.17) is 5.73 Å². The van der Waals surface area contributed by atoms with Crippen molar-refractivity contribution in [3.8, 4) is 0 Å². The van der Waals surface area contributed by atoms with Gasteiger partial charge < -0.3 is 11.1 Å². The van der Waals surface area contributed by atoms with Gasteiger partial charge in [-0.05, 0) is 36.6 Å². The Balaban J connectivity index is 0.00000180. The lowest BCUT2D eigenvalue weighted by Gasteiger charge is -2.23. The van der Waals surface area contributed by atoms with E-state index in [0.29, 0.717) is 5.92 Å². The molecule has 3 nitrogen and oxygen atoms in total. The first-order chi connectivity index (χ1) is 8.60. The molecule has 0 bridgehead atoms. The predicted molar refractivity (Wildman–Crippen MR) is 82.8 cm³/mol. The van der Waals surface area contributed by atoms with Crippen molar-refractivity contribution in [2.24, 2.45) is 11.7 Å². The molecule has 2 rings (SSSR count). The first-order valence-electron chi connectivity index (χ1n) is 6.70. The molecule has 1 aromatic rings. The summed E-state index contributed by atoms with van der Waals surface area (Å²) in [7, 11) is 0. The molecule has 0 aromatic carbocycles. The quantitative estimate of drug-likeness (QED) is 0.879. The molecule has 0 aliphatic heterocycles. The van der Waals surface area contributed by atoms with Crippen LogP contribution in [0.3, 0.4) is 0 Å². The van der Waals surface area contributed by atoms with Gasteiger partial charge in [-0.1, -0.05) is 25.8 Å². The molecule has 1 aliphatic rings. The predicted octanol–water partition coefficient (Wildman–Crippen LogP) is 2.74. The van der Waals surface area contributed by atoms with E-state index < -0.39 is 5.54 Å². The molecule has 1 heterocycles. The highest BCUT2D eigenvalue weighted by atomic mass is 35.5. The molecular weight excluding hydrogens is 280 g/mol. The highest BCUT2D eigenvalue weighted by molar-refractivity contribution is 7.09. The van der Waals surface area contributed by atoms with Crippen LogP contribution in [-0.2, 0) is 11.2 Å². The number of carbonyl (C=O) groups is 1. The van der Waals surface area contributed by atoms with Crippen LogP contribution in [0.2, 0.25) is 0 Å². The second kappa shape index (κ2) is 7.27. The molecule has 5 heteroatoms. The summed E-state index contributed by atoms with van der Waals surface area (Å²) < 4.78 is 0. The van der Waals surface area contributed by atoms with Crippen LogP contribution in [0.15, 0.2) is 17.5 Å². The van der Waals surface area contributed by atoms with Crippen LogP contribution in [-0.4, -0.2) is 18.0 Å². The van der Waals surface area contributed by atoms with Crippen LogP contribution in [0, 0.1) is 5.92 Å². The Labute approximate surface area is 125 Å². The average molecular weight is 303 g/mol. The SMILES string of the molecule is CC(CNC(=O)C1(N)CCCC1)Cc1cccs1.Cl. The number of amides is 1. The van der Waals surface area contributed by atoms with Crippen LogP contribution in [0.4, 0.5) is 0 Å². The largest absolute Gasteiger partial charge is 0.354 e. The second-order valence-corrected chi connectivity index (χ2v) is 6.49. The molecule has 0 spiro atoms. The maximum absolute atomic E-state index is 12.0. The second-order valence-electron chi connectivity index (χ2n) is 5.46. The Kier molecular flexibility index (Phi) is 6.30. The summed E-state index contributed by atoms with van der Waals surface area (Å²) in [6.07, 6.45) is 4.84. The standard InChI is InChI=1S/C14H22N2OS.ClH/c1-11(9-12-5-4-8-18-12)10-16-13(17)14(15)6-2-3-7-14;/h4-5,8,11H,2-3,6-7,9-10,15H2,1H3,(H,16,17);1H. The molecule has 1 fully saturated rings. The molecule has 108 valence electrons. The van der Waals surface area contributed by atoms with Crippen molar-refractivity contribution in [2.75, 3.05) is 6.54 Å². The van der Waals surface area contributed by atoms with E-state index in [0.717, 1.165) is 38.6 Å². The third-order valence-electron chi connectivity index (χ3n) is 3.69. The molecule has 1 aromatic heterocycles. The van der Waals surface area contributed by atoms with Crippen LogP contribution in [0.5, 0.6) is 0 Å². The Hall–Kier alpha value is -0.580. The van der Waals surface area contributed by atoms with Crippen LogP contribution < -0.4 is 11.1 Å². The monoisotopic (exact) mass is 302 g/mol. The number of carbonyl (C=O) groups excluding carboxylic acids is 1. The highest BCUT2D eigenvalue weighted by Crippen LogP contribution is 2.27. The molecular formula is C14H23ClN2OS. The van der Waals surface area contributed by atoms with Crippen molar-refractivity contribution >= 4 is 29.7 Å². The molecule has 1 amide bonds. The molecule has 1 saturated carbocycles. The van der Waals surface area contributed by atoms with Gasteiger partial charge in [-0.3, -0.25) is 4.79 Å². The van der Waals surface area contributed by atoms with E-state index in [1.165, 1.54) is 4.88 Å². The first kappa shape index (κ1) is 16.5. The third-order valence-corrected chi connectivity index (χ3v) is 4.59. The molecule has 19 heavy (non-hydrogen) atoms. The zero-order valence-electron chi connectivity index (χ0n) is 11.4. The summed E-state index contributed by atoms with van der Waals surface area (Å²) in [5, 5.41) is 5.11. The highest BCUT2D eigenvalue weighted by Gasteiger charge is 2.36. The van der Waals surface area contributed by atoms with Gasteiger partial charge in [0.1, 0.15) is 0 Å². The van der Waals surface area contributed by atoms with Gasteiger partial charge in [0.25, 0.3) is 0 Å². The molecule has 3 N–H and O–H groups in total. The fourth-order valence-corrected chi connectivity index (χ4v) is 3.39. The van der Waals surface area contributed by atoms with Gasteiger partial charge in [-0.15, -0.1) is 23.7 Å². The van der Waals surface area contributed by atoms with Crippen molar-refractivity contribution in [1.29, 1.82) is 0 Å². The lowest BCUT2D eigenvalue weighted by atomic mass is 9.97. The third kappa shape index (κ3) is 4.48. The van der Waals surface area contributed by atoms with Crippen molar-refractivity contribution in [1.82, 2.24) is 5.32 Å². The Morgan fingerprint density at radius 3 is 2.79 bits per heavy atom. The number of nitrogens with two attached hydrogens (primary N) is 1. The van der Waals surface area contributed by atoms with Crippen LogP contribution in [0.25, 0.3) is 0 Å². The number of hydrogen-bond acceptors (Lipinski definition) is 3. The van der Waals surface area contributed by atoms with E-state index in [2.05, 4.69) is 29.8 Å². The minimum absolute atomic E-state index is 0. The van der Waals surface area contributed by atoms with E-state index in [9.17, 15) is 4.79 Å². The number of rotatable bonds is 5. The van der Waals surface area contributed by atoms with Crippen LogP contribution >= 0.6 is 23.7 Å². The van der Waals surface area contributed by atoms with Crippen molar-refractivity contribution in [3.05, 3.63) is 22.4 Å². The van der Waals surface area contributed by atoms with E-state index in [-0.39, 0.29) is 18.3 Å². The number of thiophene rings is 1. The fraction of sp³-hybridized carbons (Fsp3) is 0.643. The Bertz CT molecular complexity index is 388. The lowest BCUT2D eigenvalue weighted by molar-refractivity contribution is -0.126. The molecule has 0 saturated heterocycles. The smallest absolute Gasteiger partial charge is 0.240 e. The summed E-state index contributed by atoms with van der Waals surface area (Å²) in [4.78, 5) is 13.4. The Morgan fingerprint density at radius 2 is 2.21 bits per heavy atom. The summed E-state index contributed by atoms with van der Waals surface area (Å²) in [6.45, 7) is 2.88. The number of nitrogens with one attached hydrogen (secondary N) is 1. The van der Waals surface area contributed by atoms with Gasteiger partial charge in [0.15, 0.2) is 0 Å². The summed E-state index contributed by atoms with van der Waals surface area (Å²) >= 11 is 1.77. The normalized spacial score (nSPS) is 18.6. The zero-order valence-corrected chi connectivity index (χ0v) is 13.0. The maximum atomic E-state index is 12.0. The Morgan fingerprint density at radius 1 is 1.53 bits per heavy atom. The molecule has 0 radical (unpaired) electrons. The fourth-order valence-electron chi connectivity index (χ4n) is 2.52. The summed E-state index contributed by atoms with van der Waals surface area (Å²) in [5.41, 5.74) is 5.52.